The molecule has 0 aliphatic rings. The Morgan fingerprint density at radius 1 is 0.950 bits per heavy atom. The molecule has 0 aromatic heterocycles. The van der Waals surface area contributed by atoms with Gasteiger partial charge in [-0.15, -0.1) is 0 Å². The molecule has 20 heavy (non-hydrogen) atoms. The average Bonchev–Trinajstić information content (AvgIpc) is 2.41. The van der Waals surface area contributed by atoms with E-state index in [4.69, 9.17) is 6.57 Å². The van der Waals surface area contributed by atoms with Crippen molar-refractivity contribution in [2.24, 2.45) is 0 Å². The summed E-state index contributed by atoms with van der Waals surface area (Å²) in [4.78, 5) is 5.77. The molecule has 0 bridgehead atoms. The molecule has 2 rings (SSSR count). The normalized spacial score (nSPS) is 10.9. The summed E-state index contributed by atoms with van der Waals surface area (Å²) in [6, 6.07) is 16.2. The first-order chi connectivity index (χ1) is 9.43. The van der Waals surface area contributed by atoms with Crippen molar-refractivity contribution in [2.45, 2.75) is 33.2 Å². The van der Waals surface area contributed by atoms with Crippen molar-refractivity contribution in [2.75, 3.05) is 4.90 Å². The lowest BCUT2D eigenvalue weighted by atomic mass is 10.0. The second kappa shape index (κ2) is 5.38. The van der Waals surface area contributed by atoms with Gasteiger partial charge in [-0.3, -0.25) is 0 Å². The predicted molar refractivity (Wildman–Crippen MR) is 85.8 cm³/mol. The van der Waals surface area contributed by atoms with E-state index in [1.165, 1.54) is 11.3 Å². The van der Waals surface area contributed by atoms with Crippen molar-refractivity contribution in [3.05, 3.63) is 65.5 Å². The lowest BCUT2D eigenvalue weighted by molar-refractivity contribution is 0.559. The molecule has 0 radical (unpaired) electrons. The van der Waals surface area contributed by atoms with Crippen LogP contribution in [0.5, 0.6) is 0 Å². The summed E-state index contributed by atoms with van der Waals surface area (Å²) in [6.45, 7) is 15.8. The first-order valence-corrected chi connectivity index (χ1v) is 6.77. The van der Waals surface area contributed by atoms with Crippen molar-refractivity contribution in [3.63, 3.8) is 0 Å². The zero-order chi connectivity index (χ0) is 14.8. The lowest BCUT2D eigenvalue weighted by Crippen LogP contribution is -2.37. The second-order valence-corrected chi connectivity index (χ2v) is 5.92. The molecule has 0 N–H and O–H groups in total. The van der Waals surface area contributed by atoms with Gasteiger partial charge in [-0.1, -0.05) is 30.3 Å². The molecule has 0 heterocycles. The summed E-state index contributed by atoms with van der Waals surface area (Å²) in [5.41, 5.74) is 4.20. The summed E-state index contributed by atoms with van der Waals surface area (Å²) in [5, 5.41) is 0. The maximum absolute atomic E-state index is 7.05. The van der Waals surface area contributed by atoms with Crippen LogP contribution in [0.2, 0.25) is 0 Å². The number of benzene rings is 2. The predicted octanol–water partition coefficient (Wildman–Crippen LogP) is 5.48. The van der Waals surface area contributed by atoms with Crippen LogP contribution in [0.4, 0.5) is 17.1 Å². The van der Waals surface area contributed by atoms with Crippen molar-refractivity contribution in [3.8, 4) is 0 Å². The molecule has 0 atom stereocenters. The molecule has 2 nitrogen and oxygen atoms in total. The van der Waals surface area contributed by atoms with Crippen molar-refractivity contribution < 1.29 is 0 Å². The molecular weight excluding hydrogens is 244 g/mol. The quantitative estimate of drug-likeness (QED) is 0.651. The minimum Gasteiger partial charge on any atom is -0.336 e. The second-order valence-electron chi connectivity index (χ2n) is 5.92. The highest BCUT2D eigenvalue weighted by Gasteiger charge is 2.24. The fraction of sp³-hybridized carbons (Fsp3) is 0.278. The van der Waals surface area contributed by atoms with Gasteiger partial charge in [-0.25, -0.2) is 4.85 Å². The van der Waals surface area contributed by atoms with Crippen LogP contribution in [0.25, 0.3) is 4.85 Å². The third-order valence-corrected chi connectivity index (χ3v) is 3.26. The van der Waals surface area contributed by atoms with Gasteiger partial charge in [0.25, 0.3) is 0 Å². The summed E-state index contributed by atoms with van der Waals surface area (Å²) < 4.78 is 0. The third kappa shape index (κ3) is 2.83. The molecule has 2 aromatic carbocycles. The number of para-hydroxylation sites is 1. The number of aryl methyl sites for hydroxylation is 1. The largest absolute Gasteiger partial charge is 0.336 e. The maximum Gasteiger partial charge on any atom is 0.187 e. The van der Waals surface area contributed by atoms with E-state index >= 15 is 0 Å². The van der Waals surface area contributed by atoms with Crippen LogP contribution in [0.3, 0.4) is 0 Å². The molecule has 0 unspecified atom stereocenters. The molecule has 2 heteroatoms. The Morgan fingerprint density at radius 2 is 1.55 bits per heavy atom. The monoisotopic (exact) mass is 264 g/mol. The zero-order valence-corrected chi connectivity index (χ0v) is 12.5. The standard InChI is InChI=1S/C18H20N2/c1-14-8-6-7-9-17(14)20(18(2,3)4)16-12-10-15(19-5)11-13-16/h6-13H,1-4H3. The van der Waals surface area contributed by atoms with Gasteiger partial charge < -0.3 is 4.90 Å². The van der Waals surface area contributed by atoms with Gasteiger partial charge in [-0.05, 0) is 51.5 Å². The van der Waals surface area contributed by atoms with Crippen LogP contribution in [-0.2, 0) is 0 Å². The topological polar surface area (TPSA) is 7.60 Å². The Kier molecular flexibility index (Phi) is 3.81. The van der Waals surface area contributed by atoms with Gasteiger partial charge in [-0.2, -0.15) is 0 Å². The van der Waals surface area contributed by atoms with E-state index in [-0.39, 0.29) is 5.54 Å². The molecular formula is C18H20N2. The van der Waals surface area contributed by atoms with Gasteiger partial charge in [0.2, 0.25) is 0 Å². The van der Waals surface area contributed by atoms with Crippen LogP contribution in [0, 0.1) is 13.5 Å². The SMILES string of the molecule is [C-]#[N+]c1ccc(N(c2ccccc2C)C(C)(C)C)cc1. The van der Waals surface area contributed by atoms with Gasteiger partial charge in [0.05, 0.1) is 6.57 Å². The zero-order valence-electron chi connectivity index (χ0n) is 12.5. The Morgan fingerprint density at radius 3 is 2.05 bits per heavy atom. The van der Waals surface area contributed by atoms with E-state index in [1.807, 2.05) is 24.3 Å². The number of nitrogens with zero attached hydrogens (tertiary/aromatic N) is 2. The van der Waals surface area contributed by atoms with Crippen molar-refractivity contribution >= 4 is 17.1 Å². The fourth-order valence-electron chi connectivity index (χ4n) is 2.38. The van der Waals surface area contributed by atoms with Gasteiger partial charge in [0.1, 0.15) is 0 Å². The highest BCUT2D eigenvalue weighted by atomic mass is 15.2. The molecule has 0 aliphatic heterocycles. The van der Waals surface area contributed by atoms with Crippen LogP contribution in [-0.4, -0.2) is 5.54 Å². The van der Waals surface area contributed by atoms with Crippen LogP contribution >= 0.6 is 0 Å². The smallest absolute Gasteiger partial charge is 0.187 e. The summed E-state index contributed by atoms with van der Waals surface area (Å²) >= 11 is 0. The van der Waals surface area contributed by atoms with E-state index in [0.717, 1.165) is 5.69 Å². The first kappa shape index (κ1) is 14.1. The van der Waals surface area contributed by atoms with E-state index < -0.39 is 0 Å². The minimum absolute atomic E-state index is 0.0360. The molecule has 0 amide bonds. The molecule has 102 valence electrons. The van der Waals surface area contributed by atoms with Crippen molar-refractivity contribution in [1.82, 2.24) is 0 Å². The lowest BCUT2D eigenvalue weighted by Gasteiger charge is -2.38. The van der Waals surface area contributed by atoms with E-state index in [1.54, 1.807) is 0 Å². The molecule has 0 spiro atoms. The Hall–Kier alpha value is -2.27. The summed E-state index contributed by atoms with van der Waals surface area (Å²) in [5.74, 6) is 0. The average molecular weight is 264 g/mol. The molecule has 2 aromatic rings. The van der Waals surface area contributed by atoms with Crippen LogP contribution in [0.15, 0.2) is 48.5 Å². The highest BCUT2D eigenvalue weighted by molar-refractivity contribution is 5.69. The summed E-state index contributed by atoms with van der Waals surface area (Å²) in [6.07, 6.45) is 0. The maximum atomic E-state index is 7.05. The number of hydrogen-bond acceptors (Lipinski definition) is 1. The third-order valence-electron chi connectivity index (χ3n) is 3.26. The van der Waals surface area contributed by atoms with Gasteiger partial charge >= 0.3 is 0 Å². The number of anilines is 2. The minimum atomic E-state index is -0.0360. The Bertz CT molecular complexity index is 628. The van der Waals surface area contributed by atoms with E-state index in [2.05, 4.69) is 61.7 Å². The summed E-state index contributed by atoms with van der Waals surface area (Å²) in [7, 11) is 0. The molecule has 0 fully saturated rings. The molecule has 0 aliphatic carbocycles. The Labute approximate surface area is 121 Å². The fourth-order valence-corrected chi connectivity index (χ4v) is 2.38. The van der Waals surface area contributed by atoms with Crippen LogP contribution < -0.4 is 4.90 Å². The number of rotatable bonds is 2. The van der Waals surface area contributed by atoms with Crippen LogP contribution in [0.1, 0.15) is 26.3 Å². The molecule has 0 saturated heterocycles. The van der Waals surface area contributed by atoms with Crippen molar-refractivity contribution in [1.29, 1.82) is 0 Å². The Balaban J connectivity index is 2.54. The molecule has 0 saturated carbocycles. The van der Waals surface area contributed by atoms with E-state index in [0.29, 0.717) is 5.69 Å². The van der Waals surface area contributed by atoms with Gasteiger partial charge in [0.15, 0.2) is 5.69 Å². The highest BCUT2D eigenvalue weighted by Crippen LogP contribution is 2.35. The number of hydrogen-bond donors (Lipinski definition) is 0. The van der Waals surface area contributed by atoms with Gasteiger partial charge in [0, 0.05) is 16.9 Å². The first-order valence-electron chi connectivity index (χ1n) is 6.77. The van der Waals surface area contributed by atoms with E-state index in [9.17, 15) is 0 Å².